The Morgan fingerprint density at radius 3 is 2.64 bits per heavy atom. The maximum Gasteiger partial charge on any atom is 0.328 e. The van der Waals surface area contributed by atoms with Gasteiger partial charge < -0.3 is 36.5 Å². The van der Waals surface area contributed by atoms with E-state index in [4.69, 9.17) is 16.2 Å². The number of nitrogens with two attached hydrogens (primary N) is 2. The molecule has 3 heterocycles. The zero-order valence-electron chi connectivity index (χ0n) is 23.4. The molecule has 0 unspecified atom stereocenters. The van der Waals surface area contributed by atoms with Crippen LogP contribution in [0.4, 0.5) is 17.5 Å². The molecule has 4 rings (SSSR count). The highest BCUT2D eigenvalue weighted by Gasteiger charge is 2.25. The number of hydrogen-bond donors (Lipinski definition) is 4. The Kier molecular flexibility index (Phi) is 9.62. The smallest absolute Gasteiger partial charge is 0.328 e. The average Bonchev–Trinajstić information content (AvgIpc) is 3.38. The van der Waals surface area contributed by atoms with E-state index in [-0.39, 0.29) is 42.9 Å². The molecule has 42 heavy (non-hydrogen) atoms. The highest BCUT2D eigenvalue weighted by atomic mass is 16.5. The summed E-state index contributed by atoms with van der Waals surface area (Å²) in [4.78, 5) is 67.7. The normalized spacial score (nSPS) is 12.9. The molecule has 15 nitrogen and oxygen atoms in total. The summed E-state index contributed by atoms with van der Waals surface area (Å²) < 4.78 is 9.39. The van der Waals surface area contributed by atoms with E-state index in [1.807, 2.05) is 6.07 Å². The first kappa shape index (κ1) is 29.9. The summed E-state index contributed by atoms with van der Waals surface area (Å²) in [5.74, 6) is -1.59. The molecule has 0 saturated carbocycles. The molecule has 2 amide bonds. The molecule has 0 radical (unpaired) electrons. The van der Waals surface area contributed by atoms with Crippen molar-refractivity contribution in [3.8, 4) is 0 Å². The van der Waals surface area contributed by atoms with Crippen LogP contribution in [-0.2, 0) is 36.8 Å². The van der Waals surface area contributed by atoms with Crippen LogP contribution in [0, 0.1) is 0 Å². The van der Waals surface area contributed by atoms with Gasteiger partial charge in [0.25, 0.3) is 5.91 Å². The summed E-state index contributed by atoms with van der Waals surface area (Å²) in [7, 11) is 2.52. The van der Waals surface area contributed by atoms with Gasteiger partial charge in [0.1, 0.15) is 6.04 Å². The lowest BCUT2D eigenvalue weighted by Crippen LogP contribution is -2.42. The molecule has 0 aliphatic carbocycles. The lowest BCUT2D eigenvalue weighted by molar-refractivity contribution is -0.143. The van der Waals surface area contributed by atoms with Crippen molar-refractivity contribution in [2.45, 2.75) is 44.7 Å². The Hall–Kier alpha value is -5.08. The highest BCUT2D eigenvalue weighted by Crippen LogP contribution is 2.30. The molecule has 0 fully saturated rings. The maximum absolute atomic E-state index is 13.0. The second kappa shape index (κ2) is 13.5. The standard InChI is InChI=1S/C27H33N9O6/c1-41-21(38)4-3-10-30-20(37)8-6-18(26(40)42-2)33-25(39)16-5-7-19-15(12-16)9-11-36(19)14-17-13-31-24-22(32-17)23(28)34-27(29)35-24/h5,7,12-13,18H,3-4,6,8-11,14H2,1-2H3,(H,30,37)(H,33,39)(H4,28,29,31,34,35)/t18-/m0/s1. The van der Waals surface area contributed by atoms with Crippen LogP contribution in [0.25, 0.3) is 11.2 Å². The highest BCUT2D eigenvalue weighted by molar-refractivity contribution is 5.97. The quantitative estimate of drug-likeness (QED) is 0.167. The van der Waals surface area contributed by atoms with Crippen LogP contribution in [0.2, 0.25) is 0 Å². The number of nitrogens with one attached hydrogen (secondary N) is 2. The lowest BCUT2D eigenvalue weighted by atomic mass is 10.1. The number of fused-ring (bicyclic) bond motifs is 2. The maximum atomic E-state index is 13.0. The number of carbonyl (C=O) groups is 4. The van der Waals surface area contributed by atoms with Crippen LogP contribution in [0.3, 0.4) is 0 Å². The van der Waals surface area contributed by atoms with Gasteiger partial charge >= 0.3 is 11.9 Å². The fourth-order valence-corrected chi connectivity index (χ4v) is 4.59. The first-order valence-electron chi connectivity index (χ1n) is 13.3. The van der Waals surface area contributed by atoms with E-state index >= 15 is 0 Å². The number of ether oxygens (including phenoxy) is 2. The molecule has 1 atom stereocenters. The van der Waals surface area contributed by atoms with Crippen LogP contribution < -0.4 is 27.0 Å². The SMILES string of the molecule is COC(=O)CCCNC(=O)CC[C@H](NC(=O)c1ccc2c(c1)CCN2Cc1cnc2nc(N)nc(N)c2n1)C(=O)OC. The Morgan fingerprint density at radius 1 is 1.07 bits per heavy atom. The summed E-state index contributed by atoms with van der Waals surface area (Å²) in [5.41, 5.74) is 15.2. The summed E-state index contributed by atoms with van der Waals surface area (Å²) in [6.07, 6.45) is 2.98. The summed E-state index contributed by atoms with van der Waals surface area (Å²) in [6.45, 7) is 1.45. The van der Waals surface area contributed by atoms with Gasteiger partial charge in [0.15, 0.2) is 17.0 Å². The molecule has 1 aliphatic rings. The van der Waals surface area contributed by atoms with Crippen LogP contribution >= 0.6 is 0 Å². The Morgan fingerprint density at radius 2 is 1.88 bits per heavy atom. The molecular weight excluding hydrogens is 546 g/mol. The minimum absolute atomic E-state index is 0.0136. The summed E-state index contributed by atoms with van der Waals surface area (Å²) in [6, 6.07) is 4.30. The number of anilines is 3. The van der Waals surface area contributed by atoms with E-state index in [2.05, 4.69) is 40.2 Å². The fraction of sp³-hybridized carbons (Fsp3) is 0.407. The van der Waals surface area contributed by atoms with Crippen molar-refractivity contribution in [1.82, 2.24) is 30.6 Å². The monoisotopic (exact) mass is 579 g/mol. The molecule has 1 aromatic carbocycles. The Bertz CT molecular complexity index is 1500. The number of hydrogen-bond acceptors (Lipinski definition) is 13. The third-order valence-corrected chi connectivity index (χ3v) is 6.75. The fourth-order valence-electron chi connectivity index (χ4n) is 4.59. The minimum atomic E-state index is -1.01. The van der Waals surface area contributed by atoms with Gasteiger partial charge in [-0.2, -0.15) is 9.97 Å². The average molecular weight is 580 g/mol. The minimum Gasteiger partial charge on any atom is -0.469 e. The van der Waals surface area contributed by atoms with Crippen LogP contribution in [0.1, 0.15) is 47.3 Å². The van der Waals surface area contributed by atoms with Gasteiger partial charge in [-0.1, -0.05) is 0 Å². The van der Waals surface area contributed by atoms with E-state index in [1.54, 1.807) is 18.3 Å². The zero-order valence-corrected chi connectivity index (χ0v) is 23.4. The van der Waals surface area contributed by atoms with Crippen molar-refractivity contribution >= 4 is 52.4 Å². The molecule has 3 aromatic rings. The predicted molar refractivity (Wildman–Crippen MR) is 152 cm³/mol. The second-order valence-electron chi connectivity index (χ2n) is 9.63. The molecule has 0 spiro atoms. The van der Waals surface area contributed by atoms with Crippen LogP contribution in [-0.4, -0.2) is 77.0 Å². The molecule has 2 aromatic heterocycles. The largest absolute Gasteiger partial charge is 0.469 e. The van der Waals surface area contributed by atoms with E-state index in [0.717, 1.165) is 11.3 Å². The molecule has 6 N–H and O–H groups in total. The predicted octanol–water partition coefficient (Wildman–Crippen LogP) is 0.268. The number of benzene rings is 1. The number of methoxy groups -OCH3 is 2. The van der Waals surface area contributed by atoms with Crippen LogP contribution in [0.5, 0.6) is 0 Å². The van der Waals surface area contributed by atoms with Crippen molar-refractivity contribution in [3.63, 3.8) is 0 Å². The Balaban J connectivity index is 1.35. The van der Waals surface area contributed by atoms with Gasteiger partial charge in [-0.05, 0) is 43.0 Å². The van der Waals surface area contributed by atoms with Crippen molar-refractivity contribution in [1.29, 1.82) is 0 Å². The summed E-state index contributed by atoms with van der Waals surface area (Å²) in [5, 5.41) is 5.36. The molecule has 222 valence electrons. The number of aromatic nitrogens is 4. The molecular formula is C27H33N9O6. The van der Waals surface area contributed by atoms with E-state index < -0.39 is 17.9 Å². The first-order valence-corrected chi connectivity index (χ1v) is 13.3. The van der Waals surface area contributed by atoms with Crippen molar-refractivity contribution < 1.29 is 28.7 Å². The first-order chi connectivity index (χ1) is 20.2. The van der Waals surface area contributed by atoms with Crippen molar-refractivity contribution in [3.05, 3.63) is 41.2 Å². The second-order valence-corrected chi connectivity index (χ2v) is 9.63. The molecule has 1 aliphatic heterocycles. The van der Waals surface area contributed by atoms with Gasteiger partial charge in [-0.15, -0.1) is 0 Å². The lowest BCUT2D eigenvalue weighted by Gasteiger charge is -2.20. The van der Waals surface area contributed by atoms with E-state index in [1.165, 1.54) is 14.2 Å². The topological polar surface area (TPSA) is 218 Å². The molecule has 0 saturated heterocycles. The zero-order chi connectivity index (χ0) is 30.2. The van der Waals surface area contributed by atoms with Crippen molar-refractivity contribution in [2.75, 3.05) is 43.7 Å². The number of esters is 2. The molecule has 15 heteroatoms. The van der Waals surface area contributed by atoms with Gasteiger partial charge in [0.05, 0.1) is 32.7 Å². The third-order valence-electron chi connectivity index (χ3n) is 6.75. The van der Waals surface area contributed by atoms with Gasteiger partial charge in [-0.3, -0.25) is 14.4 Å². The van der Waals surface area contributed by atoms with E-state index in [0.29, 0.717) is 54.9 Å². The van der Waals surface area contributed by atoms with Gasteiger partial charge in [0.2, 0.25) is 11.9 Å². The van der Waals surface area contributed by atoms with Gasteiger partial charge in [-0.25, -0.2) is 14.8 Å². The number of rotatable bonds is 12. The number of nitrogens with zero attached hydrogens (tertiary/aromatic N) is 5. The van der Waals surface area contributed by atoms with Crippen molar-refractivity contribution in [2.24, 2.45) is 0 Å². The van der Waals surface area contributed by atoms with E-state index in [9.17, 15) is 19.2 Å². The molecule has 0 bridgehead atoms. The number of amides is 2. The number of carbonyl (C=O) groups excluding carboxylic acids is 4. The Labute approximate surface area is 241 Å². The van der Waals surface area contributed by atoms with Crippen LogP contribution in [0.15, 0.2) is 24.4 Å². The summed E-state index contributed by atoms with van der Waals surface area (Å²) >= 11 is 0. The third kappa shape index (κ3) is 7.35. The number of nitrogen functional groups attached to an aromatic ring is 2. The van der Waals surface area contributed by atoms with Gasteiger partial charge in [0, 0.05) is 37.2 Å².